The Balaban J connectivity index is 1.02. The number of anilines is 3. The summed E-state index contributed by atoms with van der Waals surface area (Å²) in [6.45, 7) is 0. The van der Waals surface area contributed by atoms with E-state index in [0.717, 1.165) is 23.5 Å². The number of hydrogen-bond acceptors (Lipinski definition) is 1. The van der Waals surface area contributed by atoms with Crippen molar-refractivity contribution in [2.24, 2.45) is 0 Å². The molecule has 0 fully saturated rings. The van der Waals surface area contributed by atoms with Crippen molar-refractivity contribution in [2.45, 2.75) is 6.42 Å². The summed E-state index contributed by atoms with van der Waals surface area (Å²) in [6, 6.07) is 84.2. The molecule has 2 nitrogen and oxygen atoms in total. The molecule has 0 saturated carbocycles. The molecule has 0 bridgehead atoms. The van der Waals surface area contributed by atoms with Crippen LogP contribution in [0, 0.1) is 0 Å². The first kappa shape index (κ1) is 35.0. The SMILES string of the molecule is c1ccc(-c2ccc(N(c3ccc(-c4ccccc4)cc3)c3ccc(-c4cc5c6ccccc6n(-c6cccc7ccccc67)c5c5c4Cc4ccccc4-5)cc3)cc2)cc1. The maximum absolute atomic E-state index is 2.53. The van der Waals surface area contributed by atoms with Crippen LogP contribution < -0.4 is 4.90 Å². The number of aromatic nitrogens is 1. The summed E-state index contributed by atoms with van der Waals surface area (Å²) in [6.07, 6.45) is 0.892. The highest BCUT2D eigenvalue weighted by Gasteiger charge is 2.29. The standard InChI is InChI=1S/C59H40N2/c1-3-14-40(15-4-1)42-26-32-47(33-27-42)60(48-34-28-43(29-35-48)41-16-5-2-6-17-41)49-36-30-45(31-37-49)53-39-55-52-23-11-12-24-57(52)61(56-25-13-20-44-18-7-9-21-50(44)56)59(55)58-51-22-10-8-19-46(51)38-54(53)58/h1-37,39H,38H2. The summed E-state index contributed by atoms with van der Waals surface area (Å²) in [5.41, 5.74) is 19.8. The van der Waals surface area contributed by atoms with Crippen molar-refractivity contribution >= 4 is 49.6 Å². The van der Waals surface area contributed by atoms with E-state index < -0.39 is 0 Å². The van der Waals surface area contributed by atoms with Crippen LogP contribution in [-0.2, 0) is 6.42 Å². The van der Waals surface area contributed by atoms with Crippen LogP contribution in [0.15, 0.2) is 231 Å². The van der Waals surface area contributed by atoms with Crippen LogP contribution in [-0.4, -0.2) is 4.57 Å². The summed E-state index contributed by atoms with van der Waals surface area (Å²) in [4.78, 5) is 2.37. The maximum atomic E-state index is 2.53. The first-order valence-corrected chi connectivity index (χ1v) is 21.1. The number of benzene rings is 10. The second-order valence-corrected chi connectivity index (χ2v) is 16.1. The molecule has 0 N–H and O–H groups in total. The van der Waals surface area contributed by atoms with E-state index in [4.69, 9.17) is 0 Å². The Kier molecular flexibility index (Phi) is 8.28. The van der Waals surface area contributed by atoms with E-state index in [0.29, 0.717) is 0 Å². The lowest BCUT2D eigenvalue weighted by Crippen LogP contribution is -2.09. The molecule has 1 aromatic heterocycles. The van der Waals surface area contributed by atoms with Crippen LogP contribution in [0.4, 0.5) is 17.1 Å². The number of rotatable bonds is 7. The third-order valence-electron chi connectivity index (χ3n) is 12.6. The van der Waals surface area contributed by atoms with E-state index in [1.54, 1.807) is 0 Å². The zero-order valence-electron chi connectivity index (χ0n) is 33.5. The van der Waals surface area contributed by atoms with Gasteiger partial charge in [0.05, 0.1) is 16.7 Å². The van der Waals surface area contributed by atoms with Crippen molar-refractivity contribution in [1.82, 2.24) is 4.57 Å². The number of fused-ring (bicyclic) bond motifs is 8. The summed E-state index contributed by atoms with van der Waals surface area (Å²) in [5, 5.41) is 5.03. The van der Waals surface area contributed by atoms with Gasteiger partial charge in [-0.2, -0.15) is 0 Å². The fourth-order valence-electron chi connectivity index (χ4n) is 9.76. The van der Waals surface area contributed by atoms with E-state index in [1.807, 2.05) is 0 Å². The van der Waals surface area contributed by atoms with Gasteiger partial charge in [-0.25, -0.2) is 0 Å². The van der Waals surface area contributed by atoms with Gasteiger partial charge >= 0.3 is 0 Å². The monoisotopic (exact) mass is 776 g/mol. The third-order valence-corrected chi connectivity index (χ3v) is 12.6. The highest BCUT2D eigenvalue weighted by Crippen LogP contribution is 2.50. The van der Waals surface area contributed by atoms with Gasteiger partial charge in [-0.3, -0.25) is 0 Å². The summed E-state index contributed by atoms with van der Waals surface area (Å²) >= 11 is 0. The third kappa shape index (κ3) is 5.87. The lowest BCUT2D eigenvalue weighted by molar-refractivity contribution is 1.19. The van der Waals surface area contributed by atoms with E-state index in [2.05, 4.69) is 240 Å². The molecule has 1 aliphatic rings. The van der Waals surface area contributed by atoms with Gasteiger partial charge in [0.25, 0.3) is 0 Å². The van der Waals surface area contributed by atoms with Gasteiger partial charge in [0, 0.05) is 38.8 Å². The molecular weight excluding hydrogens is 737 g/mol. The minimum Gasteiger partial charge on any atom is -0.311 e. The molecule has 0 atom stereocenters. The Morgan fingerprint density at radius 1 is 0.361 bits per heavy atom. The van der Waals surface area contributed by atoms with Crippen LogP contribution in [0.5, 0.6) is 0 Å². The zero-order chi connectivity index (χ0) is 40.3. The lowest BCUT2D eigenvalue weighted by Gasteiger charge is -2.26. The molecule has 10 aromatic carbocycles. The number of nitrogens with zero attached hydrogens (tertiary/aromatic N) is 2. The summed E-state index contributed by atoms with van der Waals surface area (Å²) in [5.74, 6) is 0. The van der Waals surface area contributed by atoms with Crippen molar-refractivity contribution in [3.05, 3.63) is 242 Å². The average Bonchev–Trinajstić information content (AvgIpc) is 3.89. The summed E-state index contributed by atoms with van der Waals surface area (Å²) in [7, 11) is 0. The van der Waals surface area contributed by atoms with Crippen molar-refractivity contribution in [3.8, 4) is 50.2 Å². The van der Waals surface area contributed by atoms with E-state index in [-0.39, 0.29) is 0 Å². The Hall–Kier alpha value is -7.94. The fraction of sp³-hybridized carbons (Fsp3) is 0.0169. The first-order valence-electron chi connectivity index (χ1n) is 21.1. The molecule has 0 spiro atoms. The van der Waals surface area contributed by atoms with Gasteiger partial charge in [-0.1, -0.05) is 176 Å². The minimum atomic E-state index is 0.892. The van der Waals surface area contributed by atoms with Crippen molar-refractivity contribution in [2.75, 3.05) is 4.90 Å². The molecule has 12 rings (SSSR count). The average molecular weight is 777 g/mol. The molecule has 1 heterocycles. The van der Waals surface area contributed by atoms with Crippen LogP contribution in [0.2, 0.25) is 0 Å². The number of para-hydroxylation sites is 1. The molecule has 0 unspecified atom stereocenters. The lowest BCUT2D eigenvalue weighted by atomic mass is 9.92. The second-order valence-electron chi connectivity index (χ2n) is 16.1. The topological polar surface area (TPSA) is 8.17 Å². The van der Waals surface area contributed by atoms with Gasteiger partial charge in [0.15, 0.2) is 0 Å². The van der Waals surface area contributed by atoms with Crippen LogP contribution in [0.25, 0.3) is 82.8 Å². The molecule has 11 aromatic rings. The Morgan fingerprint density at radius 3 is 1.52 bits per heavy atom. The van der Waals surface area contributed by atoms with Crippen LogP contribution in [0.1, 0.15) is 11.1 Å². The Bertz CT molecular complexity index is 3310. The predicted molar refractivity (Wildman–Crippen MR) is 258 cm³/mol. The molecule has 2 heteroatoms. The van der Waals surface area contributed by atoms with Gasteiger partial charge < -0.3 is 9.47 Å². The van der Waals surface area contributed by atoms with E-state index >= 15 is 0 Å². The molecule has 0 amide bonds. The highest BCUT2D eigenvalue weighted by atomic mass is 15.1. The molecule has 0 radical (unpaired) electrons. The largest absolute Gasteiger partial charge is 0.311 e. The van der Waals surface area contributed by atoms with Crippen LogP contribution in [0.3, 0.4) is 0 Å². The summed E-state index contributed by atoms with van der Waals surface area (Å²) < 4.78 is 2.53. The molecule has 0 saturated heterocycles. The van der Waals surface area contributed by atoms with Gasteiger partial charge in [-0.15, -0.1) is 0 Å². The van der Waals surface area contributed by atoms with Gasteiger partial charge in [0.1, 0.15) is 0 Å². The van der Waals surface area contributed by atoms with Crippen molar-refractivity contribution in [1.29, 1.82) is 0 Å². The minimum absolute atomic E-state index is 0.892. The molecule has 0 aliphatic heterocycles. The molecule has 61 heavy (non-hydrogen) atoms. The zero-order valence-corrected chi connectivity index (χ0v) is 33.5. The molecular formula is C59H40N2. The van der Waals surface area contributed by atoms with E-state index in [9.17, 15) is 0 Å². The quantitative estimate of drug-likeness (QED) is 0.156. The smallest absolute Gasteiger partial charge is 0.0623 e. The normalized spacial score (nSPS) is 11.9. The maximum Gasteiger partial charge on any atom is 0.0623 e. The number of hydrogen-bond donors (Lipinski definition) is 0. The van der Waals surface area contributed by atoms with Crippen LogP contribution >= 0.6 is 0 Å². The fourth-order valence-corrected chi connectivity index (χ4v) is 9.76. The van der Waals surface area contributed by atoms with E-state index in [1.165, 1.54) is 93.9 Å². The van der Waals surface area contributed by atoms with Crippen molar-refractivity contribution < 1.29 is 0 Å². The predicted octanol–water partition coefficient (Wildman–Crippen LogP) is 16.0. The molecule has 286 valence electrons. The van der Waals surface area contributed by atoms with Crippen molar-refractivity contribution in [3.63, 3.8) is 0 Å². The highest BCUT2D eigenvalue weighted by molar-refractivity contribution is 6.18. The second kappa shape index (κ2) is 14.4. The first-order chi connectivity index (χ1) is 30.3. The van der Waals surface area contributed by atoms with Gasteiger partial charge in [0.2, 0.25) is 0 Å². The van der Waals surface area contributed by atoms with Gasteiger partial charge in [-0.05, 0) is 116 Å². The Morgan fingerprint density at radius 2 is 0.869 bits per heavy atom. The Labute approximate surface area is 355 Å². The molecule has 1 aliphatic carbocycles.